The third kappa shape index (κ3) is 4.50. The van der Waals surface area contributed by atoms with E-state index in [0.717, 1.165) is 18.7 Å². The van der Waals surface area contributed by atoms with E-state index in [9.17, 15) is 5.11 Å². The van der Waals surface area contributed by atoms with Crippen molar-refractivity contribution < 1.29 is 5.11 Å². The number of benzene rings is 2. The molecular weight excluding hydrogens is 260 g/mol. The van der Waals surface area contributed by atoms with E-state index in [0.29, 0.717) is 5.75 Å². The third-order valence-electron chi connectivity index (χ3n) is 3.50. The average molecular weight is 284 g/mol. The highest BCUT2D eigenvalue weighted by Gasteiger charge is 2.09. The maximum Gasteiger partial charge on any atom is 0.115 e. The summed E-state index contributed by atoms with van der Waals surface area (Å²) in [5.74, 6) is 0.307. The first kappa shape index (κ1) is 15.4. The predicted molar refractivity (Wildman–Crippen MR) is 88.6 cm³/mol. The number of phenolic OH excluding ortho intramolecular Hbond substituents is 1. The molecule has 0 aromatic heterocycles. The van der Waals surface area contributed by atoms with Gasteiger partial charge in [0.2, 0.25) is 0 Å². The highest BCUT2D eigenvalue weighted by Crippen LogP contribution is 2.24. The van der Waals surface area contributed by atoms with E-state index in [4.69, 9.17) is 0 Å². The highest BCUT2D eigenvalue weighted by molar-refractivity contribution is 5.47. The van der Waals surface area contributed by atoms with Crippen molar-refractivity contribution >= 4 is 5.69 Å². The molecule has 0 aliphatic carbocycles. The summed E-state index contributed by atoms with van der Waals surface area (Å²) in [5.41, 5.74) is 3.62. The molecule has 0 bridgehead atoms. The van der Waals surface area contributed by atoms with Gasteiger partial charge in [-0.25, -0.2) is 0 Å². The van der Waals surface area contributed by atoms with Gasteiger partial charge < -0.3 is 15.3 Å². The SMILES string of the molecule is CCC(Nc1ccc(CN(C)C)cc1)c1ccc(O)cc1. The monoisotopic (exact) mass is 284 g/mol. The van der Waals surface area contributed by atoms with Gasteiger partial charge in [0.25, 0.3) is 0 Å². The van der Waals surface area contributed by atoms with Crippen LogP contribution in [0.4, 0.5) is 5.69 Å². The van der Waals surface area contributed by atoms with Crippen molar-refractivity contribution in [1.82, 2.24) is 4.90 Å². The Morgan fingerprint density at radius 3 is 2.14 bits per heavy atom. The predicted octanol–water partition coefficient (Wildman–Crippen LogP) is 4.02. The number of nitrogens with zero attached hydrogens (tertiary/aromatic N) is 1. The number of aromatic hydroxyl groups is 1. The van der Waals surface area contributed by atoms with Crippen LogP contribution in [0.15, 0.2) is 48.5 Å². The first-order valence-electron chi connectivity index (χ1n) is 7.37. The molecular formula is C18H24N2O. The van der Waals surface area contributed by atoms with Crippen molar-refractivity contribution in [3.8, 4) is 5.75 Å². The summed E-state index contributed by atoms with van der Waals surface area (Å²) in [6.45, 7) is 3.11. The standard InChI is InChI=1S/C18H24N2O/c1-4-18(15-7-11-17(21)12-8-15)19-16-9-5-14(6-10-16)13-20(2)3/h5-12,18-19,21H,4,13H2,1-3H3. The minimum atomic E-state index is 0.255. The second-order valence-electron chi connectivity index (χ2n) is 5.63. The third-order valence-corrected chi connectivity index (χ3v) is 3.50. The molecule has 0 heterocycles. The molecule has 2 N–H and O–H groups in total. The summed E-state index contributed by atoms with van der Waals surface area (Å²) >= 11 is 0. The van der Waals surface area contributed by atoms with E-state index in [-0.39, 0.29) is 6.04 Å². The fourth-order valence-electron chi connectivity index (χ4n) is 2.40. The lowest BCUT2D eigenvalue weighted by molar-refractivity contribution is 0.402. The molecule has 0 saturated heterocycles. The van der Waals surface area contributed by atoms with E-state index in [1.165, 1.54) is 11.1 Å². The van der Waals surface area contributed by atoms with Crippen LogP contribution in [0.2, 0.25) is 0 Å². The van der Waals surface area contributed by atoms with E-state index in [1.54, 1.807) is 12.1 Å². The van der Waals surface area contributed by atoms with Gasteiger partial charge in [0, 0.05) is 12.2 Å². The van der Waals surface area contributed by atoms with Crippen LogP contribution in [-0.2, 0) is 6.54 Å². The molecule has 21 heavy (non-hydrogen) atoms. The molecule has 2 aromatic rings. The molecule has 112 valence electrons. The maximum atomic E-state index is 9.38. The van der Waals surface area contributed by atoms with Crippen LogP contribution >= 0.6 is 0 Å². The second-order valence-corrected chi connectivity index (χ2v) is 5.63. The normalized spacial score (nSPS) is 12.4. The van der Waals surface area contributed by atoms with Gasteiger partial charge in [0.1, 0.15) is 5.75 Å². The van der Waals surface area contributed by atoms with Crippen LogP contribution in [0.5, 0.6) is 5.75 Å². The largest absolute Gasteiger partial charge is 0.508 e. The zero-order chi connectivity index (χ0) is 15.2. The summed E-state index contributed by atoms with van der Waals surface area (Å²) in [5, 5.41) is 12.9. The van der Waals surface area contributed by atoms with Crippen LogP contribution in [-0.4, -0.2) is 24.1 Å². The number of hydrogen-bond acceptors (Lipinski definition) is 3. The Morgan fingerprint density at radius 1 is 1.00 bits per heavy atom. The van der Waals surface area contributed by atoms with Gasteiger partial charge in [-0.3, -0.25) is 0 Å². The Balaban J connectivity index is 2.06. The minimum Gasteiger partial charge on any atom is -0.508 e. The summed E-state index contributed by atoms with van der Waals surface area (Å²) < 4.78 is 0. The number of phenols is 1. The molecule has 1 atom stereocenters. The van der Waals surface area contributed by atoms with E-state index >= 15 is 0 Å². The molecule has 3 nitrogen and oxygen atoms in total. The molecule has 0 saturated carbocycles. The van der Waals surface area contributed by atoms with Gasteiger partial charge in [0.05, 0.1) is 6.04 Å². The van der Waals surface area contributed by atoms with E-state index in [1.807, 2.05) is 12.1 Å². The smallest absolute Gasteiger partial charge is 0.115 e. The Hall–Kier alpha value is -2.00. The van der Waals surface area contributed by atoms with Crippen LogP contribution in [0.3, 0.4) is 0 Å². The van der Waals surface area contributed by atoms with Crippen LogP contribution < -0.4 is 5.32 Å². The molecule has 0 fully saturated rings. The fraction of sp³-hybridized carbons (Fsp3) is 0.333. The van der Waals surface area contributed by atoms with Gasteiger partial charge in [-0.15, -0.1) is 0 Å². The second kappa shape index (κ2) is 7.14. The van der Waals surface area contributed by atoms with Crippen LogP contribution in [0, 0.1) is 0 Å². The molecule has 1 unspecified atom stereocenters. The van der Waals surface area contributed by atoms with Gasteiger partial charge in [0.15, 0.2) is 0 Å². The molecule has 0 aliphatic rings. The Labute approximate surface area is 127 Å². The summed E-state index contributed by atoms with van der Waals surface area (Å²) in [6, 6.07) is 16.2. The number of rotatable bonds is 6. The Kier molecular flexibility index (Phi) is 5.23. The Bertz CT molecular complexity index is 546. The minimum absolute atomic E-state index is 0.255. The van der Waals surface area contributed by atoms with Crippen molar-refractivity contribution in [3.63, 3.8) is 0 Å². The highest BCUT2D eigenvalue weighted by atomic mass is 16.3. The zero-order valence-electron chi connectivity index (χ0n) is 13.0. The topological polar surface area (TPSA) is 35.5 Å². The first-order chi connectivity index (χ1) is 10.1. The van der Waals surface area contributed by atoms with Gasteiger partial charge >= 0.3 is 0 Å². The maximum absolute atomic E-state index is 9.38. The lowest BCUT2D eigenvalue weighted by atomic mass is 10.0. The number of nitrogens with one attached hydrogen (secondary N) is 1. The molecule has 2 rings (SSSR count). The summed E-state index contributed by atoms with van der Waals surface area (Å²) in [4.78, 5) is 2.16. The zero-order valence-corrected chi connectivity index (χ0v) is 13.0. The quantitative estimate of drug-likeness (QED) is 0.841. The average Bonchev–Trinajstić information content (AvgIpc) is 2.47. The molecule has 0 radical (unpaired) electrons. The fourth-order valence-corrected chi connectivity index (χ4v) is 2.40. The van der Waals surface area contributed by atoms with E-state index < -0.39 is 0 Å². The van der Waals surface area contributed by atoms with Gasteiger partial charge in [-0.05, 0) is 55.9 Å². The lowest BCUT2D eigenvalue weighted by Gasteiger charge is -2.19. The molecule has 3 heteroatoms. The van der Waals surface area contributed by atoms with E-state index in [2.05, 4.69) is 55.5 Å². The lowest BCUT2D eigenvalue weighted by Crippen LogP contribution is -2.11. The molecule has 2 aromatic carbocycles. The van der Waals surface area contributed by atoms with Gasteiger partial charge in [-0.2, -0.15) is 0 Å². The van der Waals surface area contributed by atoms with Crippen molar-refractivity contribution in [2.45, 2.75) is 25.9 Å². The number of anilines is 1. The first-order valence-corrected chi connectivity index (χ1v) is 7.37. The van der Waals surface area contributed by atoms with Gasteiger partial charge in [-0.1, -0.05) is 31.2 Å². The summed E-state index contributed by atoms with van der Waals surface area (Å²) in [7, 11) is 4.15. The molecule has 0 spiro atoms. The summed E-state index contributed by atoms with van der Waals surface area (Å²) in [6.07, 6.45) is 0.990. The molecule has 0 amide bonds. The Morgan fingerprint density at radius 2 is 1.62 bits per heavy atom. The van der Waals surface area contributed by atoms with Crippen molar-refractivity contribution in [3.05, 3.63) is 59.7 Å². The van der Waals surface area contributed by atoms with Crippen LogP contribution in [0.25, 0.3) is 0 Å². The van der Waals surface area contributed by atoms with Crippen molar-refractivity contribution in [2.24, 2.45) is 0 Å². The molecule has 0 aliphatic heterocycles. The number of hydrogen-bond donors (Lipinski definition) is 2. The van der Waals surface area contributed by atoms with Crippen LogP contribution in [0.1, 0.15) is 30.5 Å². The van der Waals surface area contributed by atoms with Crippen molar-refractivity contribution in [2.75, 3.05) is 19.4 Å². The van der Waals surface area contributed by atoms with Crippen molar-refractivity contribution in [1.29, 1.82) is 0 Å².